The molecule has 1 atom stereocenters. The molecule has 2 aromatic rings. The maximum atomic E-state index is 12.6. The van der Waals surface area contributed by atoms with Gasteiger partial charge in [0.15, 0.2) is 0 Å². The number of nitrogens with one attached hydrogen (secondary N) is 1. The van der Waals surface area contributed by atoms with Crippen LogP contribution in [0.25, 0.3) is 11.4 Å². The molecule has 2 heterocycles. The van der Waals surface area contributed by atoms with E-state index in [0.717, 1.165) is 44.5 Å². The molecular formula is C24H32N4O2. The second-order valence-corrected chi connectivity index (χ2v) is 8.60. The summed E-state index contributed by atoms with van der Waals surface area (Å²) in [6, 6.07) is 8.11. The van der Waals surface area contributed by atoms with E-state index in [2.05, 4.69) is 33.4 Å². The van der Waals surface area contributed by atoms with E-state index in [1.54, 1.807) is 0 Å². The average molecular weight is 409 g/mol. The summed E-state index contributed by atoms with van der Waals surface area (Å²) < 4.78 is 5.47. The first-order chi connectivity index (χ1) is 14.7. The lowest BCUT2D eigenvalue weighted by atomic mass is 9.96. The highest BCUT2D eigenvalue weighted by Gasteiger charge is 2.26. The van der Waals surface area contributed by atoms with Crippen molar-refractivity contribution < 1.29 is 9.32 Å². The number of amides is 1. The molecule has 1 aromatic heterocycles. The number of carbonyl (C=O) groups is 1. The smallest absolute Gasteiger partial charge is 0.241 e. The summed E-state index contributed by atoms with van der Waals surface area (Å²) in [7, 11) is 0. The summed E-state index contributed by atoms with van der Waals surface area (Å²) in [4.78, 5) is 19.4. The Hall–Kier alpha value is -2.47. The third-order valence-electron chi connectivity index (χ3n) is 6.14. The third kappa shape index (κ3) is 5.57. The Morgan fingerprint density at radius 3 is 2.90 bits per heavy atom. The zero-order chi connectivity index (χ0) is 20.8. The molecular weight excluding hydrogens is 376 g/mol. The van der Waals surface area contributed by atoms with E-state index in [-0.39, 0.29) is 11.8 Å². The Kier molecular flexibility index (Phi) is 6.95. The SMILES string of the molecule is Cc1ccc(-c2noc(CN3CCCC(C(=O)NCCC4=CCCCC4)C3)n2)cc1. The molecule has 0 saturated carbocycles. The van der Waals surface area contributed by atoms with Crippen LogP contribution in [0.4, 0.5) is 0 Å². The maximum Gasteiger partial charge on any atom is 0.241 e. The van der Waals surface area contributed by atoms with Crippen LogP contribution in [0.2, 0.25) is 0 Å². The van der Waals surface area contributed by atoms with Crippen LogP contribution >= 0.6 is 0 Å². The minimum Gasteiger partial charge on any atom is -0.356 e. The van der Waals surface area contributed by atoms with Gasteiger partial charge in [-0.05, 0) is 58.4 Å². The highest BCUT2D eigenvalue weighted by Crippen LogP contribution is 2.22. The van der Waals surface area contributed by atoms with Gasteiger partial charge in [-0.2, -0.15) is 4.98 Å². The first kappa shape index (κ1) is 20.8. The average Bonchev–Trinajstić information content (AvgIpc) is 3.23. The largest absolute Gasteiger partial charge is 0.356 e. The molecule has 6 heteroatoms. The van der Waals surface area contributed by atoms with Crippen molar-refractivity contribution in [3.63, 3.8) is 0 Å². The van der Waals surface area contributed by atoms with Crippen molar-refractivity contribution in [1.29, 1.82) is 0 Å². The first-order valence-electron chi connectivity index (χ1n) is 11.2. The summed E-state index contributed by atoms with van der Waals surface area (Å²) in [5.41, 5.74) is 3.67. The summed E-state index contributed by atoms with van der Waals surface area (Å²) in [6.07, 6.45) is 10.3. The molecule has 0 spiro atoms. The molecule has 1 aromatic carbocycles. The third-order valence-corrected chi connectivity index (χ3v) is 6.14. The van der Waals surface area contributed by atoms with Crippen LogP contribution in [-0.2, 0) is 11.3 Å². The molecule has 2 aliphatic rings. The van der Waals surface area contributed by atoms with Gasteiger partial charge in [-0.3, -0.25) is 9.69 Å². The fourth-order valence-corrected chi connectivity index (χ4v) is 4.37. The standard InChI is InChI=1S/C24H32N4O2/c1-18-9-11-20(12-10-18)23-26-22(30-27-23)17-28-15-5-8-21(16-28)24(29)25-14-13-19-6-3-2-4-7-19/h6,9-12,21H,2-5,7-8,13-17H2,1H3,(H,25,29). The molecule has 4 rings (SSSR count). The predicted octanol–water partition coefficient (Wildman–Crippen LogP) is 4.26. The number of rotatable bonds is 7. The number of aromatic nitrogens is 2. The fraction of sp³-hybridized carbons (Fsp3) is 0.542. The number of likely N-dealkylation sites (tertiary alicyclic amines) is 1. The van der Waals surface area contributed by atoms with Crippen LogP contribution in [0, 0.1) is 12.8 Å². The second kappa shape index (κ2) is 10.0. The minimum atomic E-state index is 0.0403. The van der Waals surface area contributed by atoms with Gasteiger partial charge >= 0.3 is 0 Å². The highest BCUT2D eigenvalue weighted by molar-refractivity contribution is 5.79. The van der Waals surface area contributed by atoms with Crippen molar-refractivity contribution in [3.8, 4) is 11.4 Å². The lowest BCUT2D eigenvalue weighted by Crippen LogP contribution is -2.43. The van der Waals surface area contributed by atoms with Crippen molar-refractivity contribution in [2.24, 2.45) is 5.92 Å². The zero-order valence-electron chi connectivity index (χ0n) is 17.9. The van der Waals surface area contributed by atoms with Gasteiger partial charge in [0.05, 0.1) is 12.5 Å². The Morgan fingerprint density at radius 1 is 1.23 bits per heavy atom. The van der Waals surface area contributed by atoms with Crippen LogP contribution in [-0.4, -0.2) is 40.6 Å². The van der Waals surface area contributed by atoms with E-state index in [0.29, 0.717) is 18.3 Å². The van der Waals surface area contributed by atoms with Crippen molar-refractivity contribution in [2.45, 2.75) is 58.4 Å². The topological polar surface area (TPSA) is 71.3 Å². The normalized spacial score (nSPS) is 20.0. The molecule has 1 aliphatic carbocycles. The lowest BCUT2D eigenvalue weighted by Gasteiger charge is -2.30. The number of aryl methyl sites for hydroxylation is 1. The van der Waals surface area contributed by atoms with Crippen LogP contribution in [0.1, 0.15) is 56.4 Å². The molecule has 160 valence electrons. The monoisotopic (exact) mass is 408 g/mol. The first-order valence-corrected chi connectivity index (χ1v) is 11.2. The maximum absolute atomic E-state index is 12.6. The van der Waals surface area contributed by atoms with Crippen molar-refractivity contribution >= 4 is 5.91 Å². The van der Waals surface area contributed by atoms with Gasteiger partial charge in [0, 0.05) is 18.7 Å². The Labute approximate surface area is 178 Å². The quantitative estimate of drug-likeness (QED) is 0.693. The van der Waals surface area contributed by atoms with Crippen molar-refractivity contribution in [1.82, 2.24) is 20.4 Å². The van der Waals surface area contributed by atoms with Gasteiger partial charge in [-0.15, -0.1) is 0 Å². The number of benzene rings is 1. The Morgan fingerprint density at radius 2 is 2.10 bits per heavy atom. The van der Waals surface area contributed by atoms with E-state index in [1.807, 2.05) is 24.3 Å². The van der Waals surface area contributed by atoms with Gasteiger partial charge in [-0.25, -0.2) is 0 Å². The van der Waals surface area contributed by atoms with E-state index in [9.17, 15) is 4.79 Å². The summed E-state index contributed by atoms with van der Waals surface area (Å²) in [6.45, 7) is 5.11. The van der Waals surface area contributed by atoms with Crippen LogP contribution in [0.15, 0.2) is 40.4 Å². The number of piperidine rings is 1. The molecule has 1 amide bonds. The summed E-state index contributed by atoms with van der Waals surface area (Å²) in [5, 5.41) is 7.28. The number of carbonyl (C=O) groups excluding carboxylic acids is 1. The lowest BCUT2D eigenvalue weighted by molar-refractivity contribution is -0.126. The molecule has 1 fully saturated rings. The van der Waals surface area contributed by atoms with Crippen LogP contribution in [0.3, 0.4) is 0 Å². The number of hydrogen-bond acceptors (Lipinski definition) is 5. The molecule has 1 saturated heterocycles. The molecule has 1 unspecified atom stereocenters. The zero-order valence-corrected chi connectivity index (χ0v) is 17.9. The Balaban J connectivity index is 1.26. The van der Waals surface area contributed by atoms with Gasteiger partial charge < -0.3 is 9.84 Å². The van der Waals surface area contributed by atoms with Gasteiger partial charge in [0.2, 0.25) is 17.6 Å². The molecule has 6 nitrogen and oxygen atoms in total. The predicted molar refractivity (Wildman–Crippen MR) is 117 cm³/mol. The molecule has 1 aliphatic heterocycles. The van der Waals surface area contributed by atoms with Crippen LogP contribution in [0.5, 0.6) is 0 Å². The number of hydrogen-bond donors (Lipinski definition) is 1. The van der Waals surface area contributed by atoms with E-state index < -0.39 is 0 Å². The highest BCUT2D eigenvalue weighted by atomic mass is 16.5. The number of allylic oxidation sites excluding steroid dienone is 1. The molecule has 0 radical (unpaired) electrons. The van der Waals surface area contributed by atoms with E-state index in [4.69, 9.17) is 4.52 Å². The van der Waals surface area contributed by atoms with Gasteiger partial charge in [0.25, 0.3) is 0 Å². The van der Waals surface area contributed by atoms with Gasteiger partial charge in [0.1, 0.15) is 0 Å². The molecule has 30 heavy (non-hydrogen) atoms. The van der Waals surface area contributed by atoms with Crippen LogP contribution < -0.4 is 5.32 Å². The second-order valence-electron chi connectivity index (χ2n) is 8.60. The van der Waals surface area contributed by atoms with Gasteiger partial charge in [-0.1, -0.05) is 46.6 Å². The van der Waals surface area contributed by atoms with Crippen molar-refractivity contribution in [3.05, 3.63) is 47.4 Å². The van der Waals surface area contributed by atoms with E-state index in [1.165, 1.54) is 36.8 Å². The summed E-state index contributed by atoms with van der Waals surface area (Å²) >= 11 is 0. The molecule has 1 N–H and O–H groups in total. The minimum absolute atomic E-state index is 0.0403. The van der Waals surface area contributed by atoms with E-state index >= 15 is 0 Å². The van der Waals surface area contributed by atoms with Crippen molar-refractivity contribution in [2.75, 3.05) is 19.6 Å². The summed E-state index contributed by atoms with van der Waals surface area (Å²) in [5.74, 6) is 1.45. The fourth-order valence-electron chi connectivity index (χ4n) is 4.37. The number of nitrogens with zero attached hydrogens (tertiary/aromatic N) is 3. The Bertz CT molecular complexity index is 872. The molecule has 0 bridgehead atoms.